The van der Waals surface area contributed by atoms with Crippen molar-refractivity contribution in [2.45, 2.75) is 12.5 Å². The maximum absolute atomic E-state index is 5.69. The number of nitrogens with two attached hydrogens (primary N) is 1. The van der Waals surface area contributed by atoms with Crippen LogP contribution in [0.25, 0.3) is 0 Å². The number of pyridine rings is 1. The molecule has 1 fully saturated rings. The van der Waals surface area contributed by atoms with Crippen molar-refractivity contribution in [1.82, 2.24) is 4.98 Å². The fourth-order valence-electron chi connectivity index (χ4n) is 1.83. The highest BCUT2D eigenvalue weighted by Crippen LogP contribution is 2.34. The highest BCUT2D eigenvalue weighted by molar-refractivity contribution is 9.10. The molecule has 3 nitrogen and oxygen atoms in total. The van der Waals surface area contributed by atoms with E-state index in [0.717, 1.165) is 23.1 Å². The van der Waals surface area contributed by atoms with Gasteiger partial charge in [0, 0.05) is 35.0 Å². The van der Waals surface area contributed by atoms with Gasteiger partial charge in [0.25, 0.3) is 0 Å². The summed E-state index contributed by atoms with van der Waals surface area (Å²) in [5, 5.41) is 0. The van der Waals surface area contributed by atoms with Gasteiger partial charge in [0.2, 0.25) is 0 Å². The van der Waals surface area contributed by atoms with E-state index in [9.17, 15) is 0 Å². The van der Waals surface area contributed by atoms with Gasteiger partial charge in [0.15, 0.2) is 0 Å². The normalized spacial score (nSPS) is 26.7. The molecule has 1 saturated heterocycles. The van der Waals surface area contributed by atoms with Gasteiger partial charge in [0.05, 0.1) is 6.10 Å². The van der Waals surface area contributed by atoms with Crippen molar-refractivity contribution in [3.63, 3.8) is 0 Å². The molecule has 0 aliphatic carbocycles. The van der Waals surface area contributed by atoms with Crippen LogP contribution in [0.2, 0.25) is 0 Å². The second-order valence-electron chi connectivity index (χ2n) is 3.51. The van der Waals surface area contributed by atoms with Gasteiger partial charge in [-0.05, 0) is 35.0 Å². The van der Waals surface area contributed by atoms with Crippen LogP contribution in [0.4, 0.5) is 0 Å². The molecular weight excluding hydrogens is 244 g/mol. The van der Waals surface area contributed by atoms with Crippen LogP contribution in [0.5, 0.6) is 0 Å². The zero-order valence-corrected chi connectivity index (χ0v) is 9.40. The summed E-state index contributed by atoms with van der Waals surface area (Å²) in [6.45, 7) is 1.48. The van der Waals surface area contributed by atoms with Crippen molar-refractivity contribution >= 4 is 15.9 Å². The number of nitrogens with zero attached hydrogens (tertiary/aromatic N) is 1. The molecule has 2 rings (SSSR count). The maximum Gasteiger partial charge on any atom is 0.0881 e. The van der Waals surface area contributed by atoms with Gasteiger partial charge >= 0.3 is 0 Å². The van der Waals surface area contributed by atoms with E-state index in [1.54, 1.807) is 6.20 Å². The number of aromatic nitrogens is 1. The molecule has 76 valence electrons. The molecular formula is C10H13BrN2O. The Morgan fingerprint density at radius 3 is 3.14 bits per heavy atom. The summed E-state index contributed by atoms with van der Waals surface area (Å²) in [6.07, 6.45) is 4.80. The van der Waals surface area contributed by atoms with Crippen LogP contribution in [-0.2, 0) is 4.74 Å². The molecule has 0 saturated carbocycles. The zero-order chi connectivity index (χ0) is 9.97. The van der Waals surface area contributed by atoms with Crippen LogP contribution < -0.4 is 5.73 Å². The highest BCUT2D eigenvalue weighted by atomic mass is 79.9. The average Bonchev–Trinajstić information content (AvgIpc) is 2.65. The number of ether oxygens (including phenoxy) is 1. The van der Waals surface area contributed by atoms with Crippen molar-refractivity contribution in [1.29, 1.82) is 0 Å². The lowest BCUT2D eigenvalue weighted by Gasteiger charge is -2.16. The van der Waals surface area contributed by atoms with E-state index in [1.807, 2.05) is 12.3 Å². The number of halogens is 1. The van der Waals surface area contributed by atoms with E-state index in [0.29, 0.717) is 12.5 Å². The van der Waals surface area contributed by atoms with Crippen LogP contribution in [0.1, 0.15) is 18.1 Å². The topological polar surface area (TPSA) is 48.1 Å². The largest absolute Gasteiger partial charge is 0.373 e. The van der Waals surface area contributed by atoms with Gasteiger partial charge in [-0.1, -0.05) is 0 Å². The standard InChI is InChI=1S/C10H13BrN2O/c11-9-3-8(5-13-6-9)10-7(4-12)1-2-14-10/h3,5-7,10H,1-2,4,12H2. The fraction of sp³-hybridized carbons (Fsp3) is 0.500. The summed E-state index contributed by atoms with van der Waals surface area (Å²) < 4.78 is 6.64. The number of rotatable bonds is 2. The quantitative estimate of drug-likeness (QED) is 0.879. The average molecular weight is 257 g/mol. The predicted octanol–water partition coefficient (Wildman–Crippen LogP) is 1.88. The Morgan fingerprint density at radius 2 is 2.43 bits per heavy atom. The van der Waals surface area contributed by atoms with Crippen molar-refractivity contribution in [3.05, 3.63) is 28.5 Å². The summed E-state index contributed by atoms with van der Waals surface area (Å²) in [7, 11) is 0. The third-order valence-electron chi connectivity index (χ3n) is 2.57. The van der Waals surface area contributed by atoms with E-state index in [2.05, 4.69) is 20.9 Å². The molecule has 2 atom stereocenters. The van der Waals surface area contributed by atoms with E-state index in [-0.39, 0.29) is 6.10 Å². The van der Waals surface area contributed by atoms with Gasteiger partial charge in [0.1, 0.15) is 0 Å². The molecule has 14 heavy (non-hydrogen) atoms. The Hall–Kier alpha value is -0.450. The monoisotopic (exact) mass is 256 g/mol. The third-order valence-corrected chi connectivity index (χ3v) is 3.01. The van der Waals surface area contributed by atoms with Crippen LogP contribution in [-0.4, -0.2) is 18.1 Å². The Labute approximate surface area is 91.8 Å². The van der Waals surface area contributed by atoms with E-state index < -0.39 is 0 Å². The zero-order valence-electron chi connectivity index (χ0n) is 7.82. The smallest absolute Gasteiger partial charge is 0.0881 e. The summed E-state index contributed by atoms with van der Waals surface area (Å²) in [6, 6.07) is 2.05. The molecule has 0 aromatic carbocycles. The fourth-order valence-corrected chi connectivity index (χ4v) is 2.21. The van der Waals surface area contributed by atoms with Gasteiger partial charge in [-0.25, -0.2) is 0 Å². The minimum absolute atomic E-state index is 0.130. The first-order chi connectivity index (χ1) is 6.81. The molecule has 0 radical (unpaired) electrons. The second kappa shape index (κ2) is 4.38. The van der Waals surface area contributed by atoms with Crippen LogP contribution in [0, 0.1) is 5.92 Å². The lowest BCUT2D eigenvalue weighted by molar-refractivity contribution is 0.0921. The Kier molecular flexibility index (Phi) is 3.15. The first-order valence-electron chi connectivity index (χ1n) is 4.73. The van der Waals surface area contributed by atoms with E-state index in [1.165, 1.54) is 0 Å². The molecule has 4 heteroatoms. The first-order valence-corrected chi connectivity index (χ1v) is 5.52. The number of hydrogen-bond donors (Lipinski definition) is 1. The maximum atomic E-state index is 5.69. The molecule has 1 aliphatic heterocycles. The van der Waals surface area contributed by atoms with E-state index >= 15 is 0 Å². The Morgan fingerprint density at radius 1 is 1.57 bits per heavy atom. The van der Waals surface area contributed by atoms with Crippen molar-refractivity contribution in [2.75, 3.05) is 13.2 Å². The molecule has 2 N–H and O–H groups in total. The molecule has 1 aromatic heterocycles. The minimum Gasteiger partial charge on any atom is -0.373 e. The Balaban J connectivity index is 2.21. The summed E-state index contributed by atoms with van der Waals surface area (Å²) in [5.41, 5.74) is 6.81. The summed E-state index contributed by atoms with van der Waals surface area (Å²) in [4.78, 5) is 4.13. The SMILES string of the molecule is NCC1CCOC1c1cncc(Br)c1. The van der Waals surface area contributed by atoms with Crippen molar-refractivity contribution in [3.8, 4) is 0 Å². The lowest BCUT2D eigenvalue weighted by atomic mass is 9.97. The lowest BCUT2D eigenvalue weighted by Crippen LogP contribution is -2.17. The van der Waals surface area contributed by atoms with Gasteiger partial charge in [-0.3, -0.25) is 4.98 Å². The second-order valence-corrected chi connectivity index (χ2v) is 4.43. The van der Waals surface area contributed by atoms with Crippen LogP contribution in [0.15, 0.2) is 22.9 Å². The molecule has 0 bridgehead atoms. The molecule has 1 aliphatic rings. The number of hydrogen-bond acceptors (Lipinski definition) is 3. The van der Waals surface area contributed by atoms with Crippen LogP contribution >= 0.6 is 15.9 Å². The van der Waals surface area contributed by atoms with E-state index in [4.69, 9.17) is 10.5 Å². The van der Waals surface area contributed by atoms with Gasteiger partial charge < -0.3 is 10.5 Å². The van der Waals surface area contributed by atoms with Gasteiger partial charge in [-0.15, -0.1) is 0 Å². The molecule has 2 heterocycles. The third kappa shape index (κ3) is 1.97. The summed E-state index contributed by atoms with van der Waals surface area (Å²) in [5.74, 6) is 0.436. The highest BCUT2D eigenvalue weighted by Gasteiger charge is 2.28. The van der Waals surface area contributed by atoms with Crippen molar-refractivity contribution < 1.29 is 4.74 Å². The molecule has 0 amide bonds. The van der Waals surface area contributed by atoms with Gasteiger partial charge in [-0.2, -0.15) is 0 Å². The predicted molar refractivity (Wildman–Crippen MR) is 57.8 cm³/mol. The van der Waals surface area contributed by atoms with Crippen molar-refractivity contribution in [2.24, 2.45) is 11.7 Å². The first kappa shape index (κ1) is 10.1. The molecule has 2 unspecified atom stereocenters. The Bertz CT molecular complexity index is 319. The summed E-state index contributed by atoms with van der Waals surface area (Å²) >= 11 is 3.40. The minimum atomic E-state index is 0.130. The van der Waals surface area contributed by atoms with Crippen LogP contribution in [0.3, 0.4) is 0 Å². The molecule has 0 spiro atoms. The molecule has 1 aromatic rings.